The number of hydrogen-bond donors (Lipinski definition) is 3. The molecule has 1 aliphatic heterocycles. The molecule has 3 N–H and O–H groups in total. The number of phenols is 1. The van der Waals surface area contributed by atoms with Gasteiger partial charge in [0.15, 0.2) is 0 Å². The molecule has 150 valence electrons. The van der Waals surface area contributed by atoms with Gasteiger partial charge < -0.3 is 15.7 Å². The Bertz CT molecular complexity index is 1000. The summed E-state index contributed by atoms with van der Waals surface area (Å²) in [6.07, 6.45) is 0. The average Bonchev–Trinajstić information content (AvgIpc) is 2.95. The van der Waals surface area contributed by atoms with Crippen LogP contribution in [0.3, 0.4) is 0 Å². The van der Waals surface area contributed by atoms with E-state index in [-0.39, 0.29) is 53.0 Å². The minimum atomic E-state index is -0.451. The van der Waals surface area contributed by atoms with Crippen LogP contribution >= 0.6 is 0 Å². The molecule has 2 aromatic carbocycles. The third kappa shape index (κ3) is 3.96. The fourth-order valence-electron chi connectivity index (χ4n) is 3.08. The van der Waals surface area contributed by atoms with E-state index in [1.807, 2.05) is 0 Å². The van der Waals surface area contributed by atoms with Crippen molar-refractivity contribution in [3.63, 3.8) is 0 Å². The van der Waals surface area contributed by atoms with Crippen LogP contribution in [0, 0.1) is 0 Å². The van der Waals surface area contributed by atoms with E-state index in [0.29, 0.717) is 0 Å². The Hall–Kier alpha value is -3.68. The Balaban J connectivity index is 1.58. The lowest BCUT2D eigenvalue weighted by molar-refractivity contribution is 0.0608. The van der Waals surface area contributed by atoms with E-state index in [2.05, 4.69) is 10.6 Å². The molecule has 0 bridgehead atoms. The van der Waals surface area contributed by atoms with Crippen molar-refractivity contribution in [2.24, 2.45) is 0 Å². The van der Waals surface area contributed by atoms with E-state index in [0.717, 1.165) is 0 Å². The number of phenolic OH excluding ortho intramolecular Hbond substituents is 1. The van der Waals surface area contributed by atoms with Crippen molar-refractivity contribution in [3.05, 3.63) is 64.7 Å². The molecular formula is C21H21N3O5. The molecule has 0 aromatic heterocycles. The van der Waals surface area contributed by atoms with Crippen LogP contribution in [0.5, 0.6) is 5.75 Å². The second kappa shape index (κ2) is 8.14. The molecule has 0 unspecified atom stereocenters. The summed E-state index contributed by atoms with van der Waals surface area (Å²) in [7, 11) is 0. The van der Waals surface area contributed by atoms with Gasteiger partial charge in [-0.15, -0.1) is 0 Å². The van der Waals surface area contributed by atoms with Gasteiger partial charge in [0.1, 0.15) is 5.75 Å². The molecule has 0 fully saturated rings. The number of para-hydroxylation sites is 1. The predicted octanol–water partition coefficient (Wildman–Crippen LogP) is 1.56. The van der Waals surface area contributed by atoms with Gasteiger partial charge in [0, 0.05) is 24.7 Å². The molecule has 0 spiro atoms. The molecule has 8 heteroatoms. The number of nitrogens with one attached hydrogen (secondary N) is 2. The van der Waals surface area contributed by atoms with Crippen LogP contribution in [0.25, 0.3) is 0 Å². The predicted molar refractivity (Wildman–Crippen MR) is 105 cm³/mol. The highest BCUT2D eigenvalue weighted by molar-refractivity contribution is 6.22. The van der Waals surface area contributed by atoms with Gasteiger partial charge in [-0.25, -0.2) is 0 Å². The number of amides is 4. The summed E-state index contributed by atoms with van der Waals surface area (Å²) in [6, 6.07) is 10.3. The van der Waals surface area contributed by atoms with Crippen molar-refractivity contribution < 1.29 is 24.3 Å². The first kappa shape index (κ1) is 20.1. The Morgan fingerprint density at radius 1 is 0.931 bits per heavy atom. The highest BCUT2D eigenvalue weighted by atomic mass is 16.3. The van der Waals surface area contributed by atoms with E-state index < -0.39 is 17.7 Å². The van der Waals surface area contributed by atoms with Gasteiger partial charge in [-0.1, -0.05) is 12.1 Å². The lowest BCUT2D eigenvalue weighted by Gasteiger charge is -2.17. The minimum absolute atomic E-state index is 0.123. The van der Waals surface area contributed by atoms with Crippen molar-refractivity contribution >= 4 is 23.6 Å². The van der Waals surface area contributed by atoms with Crippen molar-refractivity contribution in [3.8, 4) is 5.75 Å². The first-order chi connectivity index (χ1) is 13.8. The third-order valence-corrected chi connectivity index (χ3v) is 4.54. The highest BCUT2D eigenvalue weighted by Crippen LogP contribution is 2.25. The Morgan fingerprint density at radius 3 is 2.21 bits per heavy atom. The van der Waals surface area contributed by atoms with Crippen LogP contribution in [0.4, 0.5) is 0 Å². The number of carbonyl (C=O) groups excluding carboxylic acids is 4. The zero-order chi connectivity index (χ0) is 21.1. The lowest BCUT2D eigenvalue weighted by atomic mass is 10.1. The van der Waals surface area contributed by atoms with Crippen molar-refractivity contribution in [1.82, 2.24) is 15.5 Å². The van der Waals surface area contributed by atoms with Crippen molar-refractivity contribution in [2.75, 3.05) is 13.1 Å². The van der Waals surface area contributed by atoms with Crippen LogP contribution in [-0.4, -0.2) is 52.8 Å². The summed E-state index contributed by atoms with van der Waals surface area (Å²) < 4.78 is 0. The largest absolute Gasteiger partial charge is 0.507 e. The second-order valence-electron chi connectivity index (χ2n) is 6.86. The van der Waals surface area contributed by atoms with Crippen molar-refractivity contribution in [1.29, 1.82) is 0 Å². The number of rotatable bonds is 6. The standard InChI is InChI=1S/C21H21N3O5/c1-12(2)24-20(28)14-8-7-13(11-16(14)21(24)29)18(26)22-9-10-23-19(27)15-5-3-4-6-17(15)25/h3-8,11-12,25H,9-10H2,1-2H3,(H,22,26)(H,23,27). The molecule has 0 saturated heterocycles. The third-order valence-electron chi connectivity index (χ3n) is 4.54. The minimum Gasteiger partial charge on any atom is -0.507 e. The van der Waals surface area contributed by atoms with E-state index in [1.165, 1.54) is 35.2 Å². The normalized spacial score (nSPS) is 12.9. The average molecular weight is 395 g/mol. The first-order valence-corrected chi connectivity index (χ1v) is 9.17. The fraction of sp³-hybridized carbons (Fsp3) is 0.238. The molecule has 0 saturated carbocycles. The molecule has 1 aliphatic rings. The molecule has 29 heavy (non-hydrogen) atoms. The number of carbonyl (C=O) groups is 4. The summed E-state index contributed by atoms with van der Waals surface area (Å²) in [4.78, 5) is 50.2. The monoisotopic (exact) mass is 395 g/mol. The van der Waals surface area contributed by atoms with E-state index in [1.54, 1.807) is 26.0 Å². The number of aromatic hydroxyl groups is 1. The van der Waals surface area contributed by atoms with Gasteiger partial charge in [-0.3, -0.25) is 24.1 Å². The molecular weight excluding hydrogens is 374 g/mol. The number of hydrogen-bond acceptors (Lipinski definition) is 5. The van der Waals surface area contributed by atoms with E-state index >= 15 is 0 Å². The molecule has 2 aromatic rings. The molecule has 4 amide bonds. The van der Waals surface area contributed by atoms with Crippen LogP contribution in [0.15, 0.2) is 42.5 Å². The first-order valence-electron chi connectivity index (χ1n) is 9.17. The molecule has 0 atom stereocenters. The summed E-state index contributed by atoms with van der Waals surface area (Å²) in [5.74, 6) is -1.77. The topological polar surface area (TPSA) is 116 Å². The fourth-order valence-corrected chi connectivity index (χ4v) is 3.08. The SMILES string of the molecule is CC(C)N1C(=O)c2ccc(C(=O)NCCNC(=O)c3ccccc3O)cc2C1=O. The molecule has 0 aliphatic carbocycles. The summed E-state index contributed by atoms with van der Waals surface area (Å²) in [5, 5.41) is 14.9. The van der Waals surface area contributed by atoms with Crippen molar-refractivity contribution in [2.45, 2.75) is 19.9 Å². The molecule has 3 rings (SSSR count). The summed E-state index contributed by atoms with van der Waals surface area (Å²) in [5.41, 5.74) is 0.900. The molecule has 8 nitrogen and oxygen atoms in total. The van der Waals surface area contributed by atoms with E-state index in [9.17, 15) is 24.3 Å². The second-order valence-corrected chi connectivity index (χ2v) is 6.86. The van der Waals surface area contributed by atoms with Gasteiger partial charge in [-0.05, 0) is 44.2 Å². The van der Waals surface area contributed by atoms with E-state index in [4.69, 9.17) is 0 Å². The molecule has 0 radical (unpaired) electrons. The van der Waals surface area contributed by atoms with Crippen LogP contribution in [0.2, 0.25) is 0 Å². The van der Waals surface area contributed by atoms with Crippen LogP contribution in [-0.2, 0) is 0 Å². The number of fused-ring (bicyclic) bond motifs is 1. The van der Waals surface area contributed by atoms with Gasteiger partial charge >= 0.3 is 0 Å². The molecule has 1 heterocycles. The van der Waals surface area contributed by atoms with Gasteiger partial charge in [0.25, 0.3) is 23.6 Å². The Kier molecular flexibility index (Phi) is 5.63. The van der Waals surface area contributed by atoms with Crippen LogP contribution in [0.1, 0.15) is 55.3 Å². The Morgan fingerprint density at radius 2 is 1.55 bits per heavy atom. The highest BCUT2D eigenvalue weighted by Gasteiger charge is 2.37. The van der Waals surface area contributed by atoms with Gasteiger partial charge in [-0.2, -0.15) is 0 Å². The maximum Gasteiger partial charge on any atom is 0.261 e. The Labute approximate surface area is 167 Å². The summed E-state index contributed by atoms with van der Waals surface area (Å²) in [6.45, 7) is 3.81. The van der Waals surface area contributed by atoms with Gasteiger partial charge in [0.2, 0.25) is 0 Å². The maximum absolute atomic E-state index is 12.4. The smallest absolute Gasteiger partial charge is 0.261 e. The summed E-state index contributed by atoms with van der Waals surface area (Å²) >= 11 is 0. The number of benzene rings is 2. The quantitative estimate of drug-likeness (QED) is 0.507. The van der Waals surface area contributed by atoms with Crippen LogP contribution < -0.4 is 10.6 Å². The number of imide groups is 1. The maximum atomic E-state index is 12.4. The number of nitrogens with zero attached hydrogens (tertiary/aromatic N) is 1. The zero-order valence-electron chi connectivity index (χ0n) is 16.1. The van der Waals surface area contributed by atoms with Gasteiger partial charge in [0.05, 0.1) is 16.7 Å². The lowest BCUT2D eigenvalue weighted by Crippen LogP contribution is -2.36. The zero-order valence-corrected chi connectivity index (χ0v) is 16.1.